The molecule has 6 atom stereocenters. The van der Waals surface area contributed by atoms with Gasteiger partial charge >= 0.3 is 12.2 Å². The summed E-state index contributed by atoms with van der Waals surface area (Å²) in [7, 11) is 4.96. The van der Waals surface area contributed by atoms with Crippen molar-refractivity contribution in [3.63, 3.8) is 0 Å². The molecule has 186 valence electrons. The van der Waals surface area contributed by atoms with Crippen LogP contribution in [0.5, 0.6) is 0 Å². The third kappa shape index (κ3) is 4.86. The average Bonchev–Trinajstić information content (AvgIpc) is 3.63. The Kier molecular flexibility index (Phi) is 6.68. The highest BCUT2D eigenvalue weighted by Gasteiger charge is 2.72. The molecule has 9 heteroatoms. The quantitative estimate of drug-likeness (QED) is 0.421. The number of carbonyl (C=O) groups excluding carboxylic acids is 2. The molecule has 1 spiro atoms. The van der Waals surface area contributed by atoms with Crippen molar-refractivity contribution in [2.45, 2.75) is 69.5 Å². The van der Waals surface area contributed by atoms with Gasteiger partial charge in [-0.1, -0.05) is 11.6 Å². The zero-order chi connectivity index (χ0) is 24.0. The van der Waals surface area contributed by atoms with Crippen LogP contribution in [0.3, 0.4) is 0 Å². The van der Waals surface area contributed by atoms with Crippen molar-refractivity contribution in [1.82, 2.24) is 9.80 Å². The highest BCUT2D eigenvalue weighted by Crippen LogP contribution is 2.59. The van der Waals surface area contributed by atoms with Crippen LogP contribution in [0.1, 0.15) is 40.0 Å². The molecule has 3 saturated heterocycles. The van der Waals surface area contributed by atoms with Crippen LogP contribution in [0.2, 0.25) is 0 Å². The van der Waals surface area contributed by atoms with E-state index < -0.39 is 0 Å². The van der Waals surface area contributed by atoms with Gasteiger partial charge in [0.15, 0.2) is 0 Å². The molecule has 0 N–H and O–H groups in total. The maximum absolute atomic E-state index is 12.8. The summed E-state index contributed by atoms with van der Waals surface area (Å²) in [6.07, 6.45) is 3.36. The fraction of sp³-hybridized carbons (Fsp3) is 0.833. The van der Waals surface area contributed by atoms with Gasteiger partial charge in [-0.05, 0) is 40.0 Å². The molecule has 3 heterocycles. The molecule has 0 aromatic heterocycles. The molecule has 1 aliphatic carbocycles. The lowest BCUT2D eigenvalue weighted by atomic mass is 9.68. The van der Waals surface area contributed by atoms with Crippen molar-refractivity contribution in [2.24, 2.45) is 11.8 Å². The summed E-state index contributed by atoms with van der Waals surface area (Å²) < 4.78 is 29.3. The number of nitrogens with zero attached hydrogens (tertiary/aromatic N) is 2. The summed E-state index contributed by atoms with van der Waals surface area (Å²) in [5.74, 6) is 0.142. The SMILES string of the molecule is CO[C@@H]1[C@H](OC(=O)N2CC(COC(=O)N(C)C)C2)CC[C@]2(CO2)[C@H]1[C@@]1(C)O[C@@H]1CC=C(C)C. The fourth-order valence-electron chi connectivity index (χ4n) is 5.42. The molecule has 2 amide bonds. The predicted octanol–water partition coefficient (Wildman–Crippen LogP) is 2.83. The number of amides is 2. The highest BCUT2D eigenvalue weighted by atomic mass is 16.6. The summed E-state index contributed by atoms with van der Waals surface area (Å²) in [4.78, 5) is 27.4. The molecule has 33 heavy (non-hydrogen) atoms. The molecule has 1 saturated carbocycles. The number of epoxide rings is 2. The van der Waals surface area contributed by atoms with Crippen molar-refractivity contribution in [3.8, 4) is 0 Å². The van der Waals surface area contributed by atoms with E-state index in [1.807, 2.05) is 0 Å². The zero-order valence-electron chi connectivity index (χ0n) is 20.7. The average molecular weight is 467 g/mol. The molecule has 0 aromatic rings. The molecular weight excluding hydrogens is 428 g/mol. The van der Waals surface area contributed by atoms with Crippen LogP contribution in [0.25, 0.3) is 0 Å². The van der Waals surface area contributed by atoms with Gasteiger partial charge in [-0.15, -0.1) is 0 Å². The lowest BCUT2D eigenvalue weighted by Crippen LogP contribution is -2.58. The van der Waals surface area contributed by atoms with E-state index in [2.05, 4.69) is 26.8 Å². The largest absolute Gasteiger partial charge is 0.449 e. The van der Waals surface area contributed by atoms with Crippen LogP contribution in [0.4, 0.5) is 9.59 Å². The Bertz CT molecular complexity index is 786. The van der Waals surface area contributed by atoms with E-state index in [0.717, 1.165) is 12.8 Å². The van der Waals surface area contributed by atoms with Gasteiger partial charge in [0.25, 0.3) is 0 Å². The second kappa shape index (κ2) is 9.07. The molecule has 0 aromatic carbocycles. The lowest BCUT2D eigenvalue weighted by molar-refractivity contribution is -0.125. The van der Waals surface area contributed by atoms with Gasteiger partial charge in [-0.3, -0.25) is 0 Å². The molecule has 3 aliphatic heterocycles. The first-order chi connectivity index (χ1) is 15.6. The van der Waals surface area contributed by atoms with E-state index in [1.165, 1.54) is 10.5 Å². The first kappa shape index (κ1) is 24.3. The summed E-state index contributed by atoms with van der Waals surface area (Å²) in [6.45, 7) is 8.35. The van der Waals surface area contributed by atoms with Gasteiger partial charge in [0.1, 0.15) is 23.4 Å². The minimum Gasteiger partial charge on any atom is -0.449 e. The number of allylic oxidation sites excluding steroid dienone is 1. The highest BCUT2D eigenvalue weighted by molar-refractivity contribution is 5.69. The van der Waals surface area contributed by atoms with E-state index in [-0.39, 0.29) is 53.5 Å². The van der Waals surface area contributed by atoms with Gasteiger partial charge in [0.05, 0.1) is 25.2 Å². The van der Waals surface area contributed by atoms with Gasteiger partial charge in [-0.2, -0.15) is 0 Å². The summed E-state index contributed by atoms with van der Waals surface area (Å²) >= 11 is 0. The van der Waals surface area contributed by atoms with E-state index >= 15 is 0 Å². The maximum Gasteiger partial charge on any atom is 0.410 e. The minimum absolute atomic E-state index is 0.00620. The molecule has 4 rings (SSSR count). The smallest absolute Gasteiger partial charge is 0.410 e. The van der Waals surface area contributed by atoms with Gasteiger partial charge in [0.2, 0.25) is 0 Å². The Hall–Kier alpha value is -1.84. The second-order valence-corrected chi connectivity index (χ2v) is 10.5. The van der Waals surface area contributed by atoms with Crippen molar-refractivity contribution >= 4 is 12.2 Å². The topological polar surface area (TPSA) is 93.4 Å². The monoisotopic (exact) mass is 466 g/mol. The zero-order valence-corrected chi connectivity index (χ0v) is 20.7. The van der Waals surface area contributed by atoms with Crippen LogP contribution >= 0.6 is 0 Å². The summed E-state index contributed by atoms with van der Waals surface area (Å²) in [5.41, 5.74) is 0.677. The number of rotatable bonds is 7. The first-order valence-electron chi connectivity index (χ1n) is 11.9. The molecule has 0 bridgehead atoms. The van der Waals surface area contributed by atoms with Gasteiger partial charge in [0, 0.05) is 40.2 Å². The molecule has 9 nitrogen and oxygen atoms in total. The standard InChI is InChI=1S/C24H38N2O7/c1-15(2)7-8-18-23(3,33-18)20-19(29-6)17(9-10-24(20)14-31-24)32-22(28)26-11-16(12-26)13-30-21(27)25(4)5/h7,16-20H,8-14H2,1-6H3/t17-,18-,19-,20-,23+,24+/m1/s1. The van der Waals surface area contributed by atoms with E-state index in [1.54, 1.807) is 26.1 Å². The number of hydrogen-bond acceptors (Lipinski definition) is 7. The Morgan fingerprint density at radius 2 is 1.94 bits per heavy atom. The lowest BCUT2D eigenvalue weighted by Gasteiger charge is -2.44. The van der Waals surface area contributed by atoms with Gasteiger partial charge in [-0.25, -0.2) is 9.59 Å². The normalized spacial score (nSPS) is 37.2. The number of methoxy groups -OCH3 is 1. The van der Waals surface area contributed by atoms with Crippen LogP contribution in [0, 0.1) is 11.8 Å². The predicted molar refractivity (Wildman–Crippen MR) is 120 cm³/mol. The van der Waals surface area contributed by atoms with Crippen LogP contribution in [-0.4, -0.2) is 99.0 Å². The van der Waals surface area contributed by atoms with Crippen molar-refractivity contribution < 1.29 is 33.3 Å². The number of hydrogen-bond donors (Lipinski definition) is 0. The van der Waals surface area contributed by atoms with E-state index in [9.17, 15) is 9.59 Å². The molecule has 0 radical (unpaired) electrons. The Balaban J connectivity index is 1.33. The third-order valence-corrected chi connectivity index (χ3v) is 7.51. The fourth-order valence-corrected chi connectivity index (χ4v) is 5.42. The van der Waals surface area contributed by atoms with Crippen molar-refractivity contribution in [1.29, 1.82) is 0 Å². The molecule has 4 fully saturated rings. The van der Waals surface area contributed by atoms with Crippen molar-refractivity contribution in [2.75, 3.05) is 47.5 Å². The van der Waals surface area contributed by atoms with Crippen LogP contribution < -0.4 is 0 Å². The molecule has 0 unspecified atom stereocenters. The second-order valence-electron chi connectivity index (χ2n) is 10.5. The van der Waals surface area contributed by atoms with Crippen LogP contribution in [-0.2, 0) is 23.7 Å². The summed E-state index contributed by atoms with van der Waals surface area (Å²) in [5, 5.41) is 0. The number of ether oxygens (including phenoxy) is 5. The van der Waals surface area contributed by atoms with E-state index in [4.69, 9.17) is 23.7 Å². The van der Waals surface area contributed by atoms with E-state index in [0.29, 0.717) is 32.7 Å². The summed E-state index contributed by atoms with van der Waals surface area (Å²) in [6, 6.07) is 0. The van der Waals surface area contributed by atoms with Crippen molar-refractivity contribution in [3.05, 3.63) is 11.6 Å². The Labute approximate surface area is 196 Å². The molecular formula is C24H38N2O7. The number of carbonyl (C=O) groups is 2. The number of likely N-dealkylation sites (tertiary alicyclic amines) is 1. The first-order valence-corrected chi connectivity index (χ1v) is 11.9. The Morgan fingerprint density at radius 1 is 1.24 bits per heavy atom. The van der Waals surface area contributed by atoms with Gasteiger partial charge < -0.3 is 33.5 Å². The van der Waals surface area contributed by atoms with Crippen LogP contribution in [0.15, 0.2) is 11.6 Å². The minimum atomic E-state index is -0.373. The Morgan fingerprint density at radius 3 is 2.52 bits per heavy atom. The molecule has 4 aliphatic rings. The maximum atomic E-state index is 12.8. The third-order valence-electron chi connectivity index (χ3n) is 7.51.